The molecule has 0 bridgehead atoms. The van der Waals surface area contributed by atoms with Crippen molar-refractivity contribution in [3.05, 3.63) is 18.7 Å². The first-order chi connectivity index (χ1) is 9.52. The highest BCUT2D eigenvalue weighted by atomic mass is 32.2. The summed E-state index contributed by atoms with van der Waals surface area (Å²) in [5.41, 5.74) is 5.64. The molecule has 1 aliphatic rings. The van der Waals surface area contributed by atoms with Gasteiger partial charge >= 0.3 is 0 Å². The van der Waals surface area contributed by atoms with Crippen molar-refractivity contribution in [1.82, 2.24) is 24.5 Å². The van der Waals surface area contributed by atoms with E-state index in [9.17, 15) is 8.42 Å². The molecule has 0 amide bonds. The van der Waals surface area contributed by atoms with Crippen LogP contribution in [0.2, 0.25) is 0 Å². The quantitative estimate of drug-likeness (QED) is 0.756. The number of imidazole rings is 1. The number of aromatic nitrogens is 5. The maximum absolute atomic E-state index is 11.4. The molecule has 1 saturated heterocycles. The summed E-state index contributed by atoms with van der Waals surface area (Å²) in [6.45, 7) is 0. The van der Waals surface area contributed by atoms with Gasteiger partial charge in [0.05, 0.1) is 11.5 Å². The van der Waals surface area contributed by atoms with Crippen LogP contribution in [-0.4, -0.2) is 50.5 Å². The van der Waals surface area contributed by atoms with Gasteiger partial charge in [-0.05, 0) is 6.42 Å². The van der Waals surface area contributed by atoms with E-state index < -0.39 is 9.84 Å². The van der Waals surface area contributed by atoms with Crippen LogP contribution in [0.5, 0.6) is 0 Å². The van der Waals surface area contributed by atoms with Gasteiger partial charge in [0, 0.05) is 18.4 Å². The van der Waals surface area contributed by atoms with Crippen molar-refractivity contribution in [3.8, 4) is 5.95 Å². The van der Waals surface area contributed by atoms with Crippen LogP contribution >= 0.6 is 0 Å². The molecule has 3 heterocycles. The largest absolute Gasteiger partial charge is 0.368 e. The second-order valence-electron chi connectivity index (χ2n) is 4.53. The molecular formula is C10H13N7O2S. The predicted octanol–water partition coefficient (Wildman–Crippen LogP) is -0.761. The maximum atomic E-state index is 11.4. The van der Waals surface area contributed by atoms with E-state index in [-0.39, 0.29) is 29.4 Å². The SMILES string of the molecule is Nc1nc(NC2CCS(=O)(=O)C2)nc(-n2ccnc2)n1. The number of sulfone groups is 1. The summed E-state index contributed by atoms with van der Waals surface area (Å²) in [4.78, 5) is 16.1. The van der Waals surface area contributed by atoms with Crippen LogP contribution in [0.3, 0.4) is 0 Å². The van der Waals surface area contributed by atoms with Gasteiger partial charge in [-0.1, -0.05) is 0 Å². The number of nitrogens with one attached hydrogen (secondary N) is 1. The Morgan fingerprint density at radius 1 is 1.35 bits per heavy atom. The molecule has 0 aliphatic carbocycles. The molecule has 10 heteroatoms. The van der Waals surface area contributed by atoms with E-state index in [0.29, 0.717) is 12.4 Å². The molecule has 1 unspecified atom stereocenters. The summed E-state index contributed by atoms with van der Waals surface area (Å²) in [6.07, 6.45) is 5.35. The summed E-state index contributed by atoms with van der Waals surface area (Å²) in [5.74, 6) is 0.923. The lowest BCUT2D eigenvalue weighted by Crippen LogP contribution is -2.23. The zero-order valence-electron chi connectivity index (χ0n) is 10.5. The Bertz CT molecular complexity index is 713. The summed E-state index contributed by atoms with van der Waals surface area (Å²) in [6, 6.07) is -0.197. The highest BCUT2D eigenvalue weighted by molar-refractivity contribution is 7.91. The van der Waals surface area contributed by atoms with Crippen LogP contribution < -0.4 is 11.1 Å². The second-order valence-corrected chi connectivity index (χ2v) is 6.76. The van der Waals surface area contributed by atoms with Gasteiger partial charge in [-0.25, -0.2) is 13.4 Å². The van der Waals surface area contributed by atoms with Crippen LogP contribution in [0.1, 0.15) is 6.42 Å². The average molecular weight is 295 g/mol. The summed E-state index contributed by atoms with van der Waals surface area (Å²) in [5, 5.41) is 2.98. The third-order valence-electron chi connectivity index (χ3n) is 2.94. The van der Waals surface area contributed by atoms with Crippen LogP contribution in [-0.2, 0) is 9.84 Å². The minimum atomic E-state index is -2.96. The van der Waals surface area contributed by atoms with E-state index in [0.717, 1.165) is 0 Å². The zero-order chi connectivity index (χ0) is 14.2. The molecule has 0 saturated carbocycles. The molecule has 1 atom stereocenters. The molecule has 0 aromatic carbocycles. The molecule has 0 spiro atoms. The van der Waals surface area contributed by atoms with Crippen molar-refractivity contribution >= 4 is 21.7 Å². The van der Waals surface area contributed by atoms with Crippen molar-refractivity contribution in [2.24, 2.45) is 0 Å². The normalized spacial score (nSPS) is 20.9. The minimum Gasteiger partial charge on any atom is -0.368 e. The molecule has 3 rings (SSSR count). The minimum absolute atomic E-state index is 0.0621. The molecule has 106 valence electrons. The van der Waals surface area contributed by atoms with Crippen molar-refractivity contribution in [2.75, 3.05) is 22.6 Å². The van der Waals surface area contributed by atoms with Crippen LogP contribution in [0, 0.1) is 0 Å². The van der Waals surface area contributed by atoms with E-state index in [1.165, 1.54) is 0 Å². The summed E-state index contributed by atoms with van der Waals surface area (Å²) < 4.78 is 24.4. The van der Waals surface area contributed by atoms with E-state index in [1.807, 2.05) is 0 Å². The second kappa shape index (κ2) is 4.71. The Hall–Kier alpha value is -2.23. The number of nitrogen functional groups attached to an aromatic ring is 1. The zero-order valence-corrected chi connectivity index (χ0v) is 11.3. The molecule has 3 N–H and O–H groups in total. The molecule has 2 aromatic rings. The van der Waals surface area contributed by atoms with Gasteiger partial charge in [-0.3, -0.25) is 4.57 Å². The molecule has 2 aromatic heterocycles. The molecule has 1 fully saturated rings. The van der Waals surface area contributed by atoms with Crippen LogP contribution in [0.4, 0.5) is 11.9 Å². The fourth-order valence-electron chi connectivity index (χ4n) is 2.03. The standard InChI is InChI=1S/C10H13N7O2S/c11-8-14-9(13-7-1-4-20(18,19)5-7)16-10(15-8)17-3-2-12-6-17/h2-3,6-7H,1,4-5H2,(H3,11,13,14,15,16). The van der Waals surface area contributed by atoms with Gasteiger partial charge < -0.3 is 11.1 Å². The number of hydrogen-bond acceptors (Lipinski definition) is 8. The van der Waals surface area contributed by atoms with Gasteiger partial charge in [0.15, 0.2) is 9.84 Å². The Morgan fingerprint density at radius 3 is 2.85 bits per heavy atom. The molecule has 0 radical (unpaired) electrons. The van der Waals surface area contributed by atoms with Gasteiger partial charge in [0.25, 0.3) is 0 Å². The monoisotopic (exact) mass is 295 g/mol. The van der Waals surface area contributed by atoms with Gasteiger partial charge in [-0.15, -0.1) is 0 Å². The number of nitrogens with two attached hydrogens (primary N) is 1. The van der Waals surface area contributed by atoms with Crippen molar-refractivity contribution in [2.45, 2.75) is 12.5 Å². The van der Waals surface area contributed by atoms with E-state index in [2.05, 4.69) is 25.3 Å². The lowest BCUT2D eigenvalue weighted by Gasteiger charge is -2.11. The van der Waals surface area contributed by atoms with Gasteiger partial charge in [-0.2, -0.15) is 15.0 Å². The Kier molecular flexibility index (Phi) is 3.01. The van der Waals surface area contributed by atoms with Crippen molar-refractivity contribution in [1.29, 1.82) is 0 Å². The summed E-state index contributed by atoms with van der Waals surface area (Å²) in [7, 11) is -2.96. The Morgan fingerprint density at radius 2 is 2.20 bits per heavy atom. The first-order valence-electron chi connectivity index (χ1n) is 5.99. The average Bonchev–Trinajstić information content (AvgIpc) is 2.98. The number of hydrogen-bond donors (Lipinski definition) is 2. The van der Waals surface area contributed by atoms with Crippen molar-refractivity contribution in [3.63, 3.8) is 0 Å². The third kappa shape index (κ3) is 2.69. The topological polar surface area (TPSA) is 129 Å². The Labute approximate surface area is 115 Å². The molecule has 1 aliphatic heterocycles. The number of rotatable bonds is 3. The van der Waals surface area contributed by atoms with E-state index in [1.54, 1.807) is 23.3 Å². The first-order valence-corrected chi connectivity index (χ1v) is 7.81. The molecule has 9 nitrogen and oxygen atoms in total. The Balaban J connectivity index is 1.84. The van der Waals surface area contributed by atoms with E-state index >= 15 is 0 Å². The first kappa shape index (κ1) is 12.8. The lowest BCUT2D eigenvalue weighted by molar-refractivity contribution is 0.602. The molecular weight excluding hydrogens is 282 g/mol. The fourth-order valence-corrected chi connectivity index (χ4v) is 3.70. The fraction of sp³-hybridized carbons (Fsp3) is 0.400. The number of nitrogens with zero attached hydrogens (tertiary/aromatic N) is 5. The lowest BCUT2D eigenvalue weighted by atomic mass is 10.3. The van der Waals surface area contributed by atoms with Gasteiger partial charge in [0.2, 0.25) is 17.8 Å². The van der Waals surface area contributed by atoms with E-state index in [4.69, 9.17) is 5.73 Å². The van der Waals surface area contributed by atoms with Crippen molar-refractivity contribution < 1.29 is 8.42 Å². The molecule has 20 heavy (non-hydrogen) atoms. The van der Waals surface area contributed by atoms with Crippen LogP contribution in [0.15, 0.2) is 18.7 Å². The third-order valence-corrected chi connectivity index (χ3v) is 4.71. The van der Waals surface area contributed by atoms with Crippen LogP contribution in [0.25, 0.3) is 5.95 Å². The highest BCUT2D eigenvalue weighted by Gasteiger charge is 2.28. The van der Waals surface area contributed by atoms with Gasteiger partial charge in [0.1, 0.15) is 6.33 Å². The number of anilines is 2. The summed E-state index contributed by atoms with van der Waals surface area (Å²) >= 11 is 0. The predicted molar refractivity (Wildman–Crippen MR) is 72.0 cm³/mol. The smallest absolute Gasteiger partial charge is 0.241 e. The maximum Gasteiger partial charge on any atom is 0.241 e. The highest BCUT2D eigenvalue weighted by Crippen LogP contribution is 2.16.